The van der Waals surface area contributed by atoms with Gasteiger partial charge in [-0.25, -0.2) is 0 Å². The fourth-order valence-electron chi connectivity index (χ4n) is 1.03. The molecule has 1 fully saturated rings. The third-order valence-electron chi connectivity index (χ3n) is 1.81. The fourth-order valence-corrected chi connectivity index (χ4v) is 1.03. The Balaban J connectivity index is 2.50. The third-order valence-corrected chi connectivity index (χ3v) is 1.81. The predicted octanol–water partition coefficient (Wildman–Crippen LogP) is 0.425. The summed E-state index contributed by atoms with van der Waals surface area (Å²) in [4.78, 5) is 10.9. The van der Waals surface area contributed by atoms with Crippen molar-refractivity contribution < 1.29 is 4.79 Å². The molecule has 0 bridgehead atoms. The topological polar surface area (TPSA) is 52.9 Å². The molecule has 1 amide bonds. The molecule has 1 saturated heterocycles. The fraction of sp³-hybridized carbons (Fsp3) is 0.714. The van der Waals surface area contributed by atoms with E-state index in [0.29, 0.717) is 0 Å². The SMILES string of the molecule is CC1CCC(C#N)NC1=O. The maximum atomic E-state index is 10.9. The van der Waals surface area contributed by atoms with Crippen LogP contribution in [0.15, 0.2) is 0 Å². The van der Waals surface area contributed by atoms with Gasteiger partial charge in [-0.15, -0.1) is 0 Å². The first-order valence-electron chi connectivity index (χ1n) is 3.44. The number of hydrogen-bond acceptors (Lipinski definition) is 2. The lowest BCUT2D eigenvalue weighted by Gasteiger charge is -2.21. The van der Waals surface area contributed by atoms with Crippen LogP contribution in [0, 0.1) is 17.2 Å². The van der Waals surface area contributed by atoms with Crippen molar-refractivity contribution in [2.45, 2.75) is 25.8 Å². The average molecular weight is 138 g/mol. The van der Waals surface area contributed by atoms with E-state index in [1.807, 2.05) is 13.0 Å². The molecule has 0 radical (unpaired) electrons. The van der Waals surface area contributed by atoms with Crippen LogP contribution in [0.5, 0.6) is 0 Å². The number of amides is 1. The highest BCUT2D eigenvalue weighted by molar-refractivity contribution is 5.79. The Labute approximate surface area is 60.0 Å². The third kappa shape index (κ3) is 1.27. The lowest BCUT2D eigenvalue weighted by molar-refractivity contribution is -0.126. The zero-order valence-corrected chi connectivity index (χ0v) is 5.92. The predicted molar refractivity (Wildman–Crippen MR) is 35.9 cm³/mol. The van der Waals surface area contributed by atoms with E-state index in [4.69, 9.17) is 5.26 Å². The zero-order chi connectivity index (χ0) is 7.56. The van der Waals surface area contributed by atoms with E-state index in [1.165, 1.54) is 0 Å². The summed E-state index contributed by atoms with van der Waals surface area (Å²) in [6.07, 6.45) is 1.63. The number of hydrogen-bond donors (Lipinski definition) is 1. The first kappa shape index (κ1) is 7.07. The van der Waals surface area contributed by atoms with Crippen molar-refractivity contribution in [2.24, 2.45) is 5.92 Å². The molecule has 1 rings (SSSR count). The molecule has 10 heavy (non-hydrogen) atoms. The van der Waals surface area contributed by atoms with Crippen molar-refractivity contribution in [3.8, 4) is 6.07 Å². The van der Waals surface area contributed by atoms with E-state index >= 15 is 0 Å². The van der Waals surface area contributed by atoms with Crippen LogP contribution in [-0.2, 0) is 4.79 Å². The molecule has 0 aliphatic carbocycles. The first-order chi connectivity index (χ1) is 4.74. The van der Waals surface area contributed by atoms with Crippen molar-refractivity contribution in [2.75, 3.05) is 0 Å². The second kappa shape index (κ2) is 2.70. The lowest BCUT2D eigenvalue weighted by Crippen LogP contribution is -2.42. The number of nitrogens with zero attached hydrogens (tertiary/aromatic N) is 1. The van der Waals surface area contributed by atoms with E-state index in [-0.39, 0.29) is 17.9 Å². The quantitative estimate of drug-likeness (QED) is 0.527. The summed E-state index contributed by atoms with van der Waals surface area (Å²) < 4.78 is 0. The van der Waals surface area contributed by atoms with Gasteiger partial charge >= 0.3 is 0 Å². The van der Waals surface area contributed by atoms with Gasteiger partial charge in [0.1, 0.15) is 6.04 Å². The van der Waals surface area contributed by atoms with E-state index in [1.54, 1.807) is 0 Å². The summed E-state index contributed by atoms with van der Waals surface area (Å²) in [6.45, 7) is 1.88. The van der Waals surface area contributed by atoms with Crippen molar-refractivity contribution >= 4 is 5.91 Å². The highest BCUT2D eigenvalue weighted by Crippen LogP contribution is 2.13. The Morgan fingerprint density at radius 2 is 2.40 bits per heavy atom. The van der Waals surface area contributed by atoms with Crippen LogP contribution < -0.4 is 5.32 Å². The van der Waals surface area contributed by atoms with Gasteiger partial charge < -0.3 is 5.32 Å². The van der Waals surface area contributed by atoms with Gasteiger partial charge in [0.15, 0.2) is 0 Å². The van der Waals surface area contributed by atoms with Crippen molar-refractivity contribution in [3.05, 3.63) is 0 Å². The second-order valence-electron chi connectivity index (χ2n) is 2.67. The molecule has 0 spiro atoms. The number of piperidine rings is 1. The van der Waals surface area contributed by atoms with Gasteiger partial charge in [-0.3, -0.25) is 4.79 Å². The molecule has 3 heteroatoms. The maximum Gasteiger partial charge on any atom is 0.223 e. The van der Waals surface area contributed by atoms with E-state index in [9.17, 15) is 4.79 Å². The molecular formula is C7H10N2O. The minimum absolute atomic E-state index is 0.0119. The number of nitriles is 1. The average Bonchev–Trinajstić information content (AvgIpc) is 1.95. The zero-order valence-electron chi connectivity index (χ0n) is 5.92. The largest absolute Gasteiger partial charge is 0.340 e. The Kier molecular flexibility index (Phi) is 1.91. The van der Waals surface area contributed by atoms with Crippen molar-refractivity contribution in [1.82, 2.24) is 5.32 Å². The van der Waals surface area contributed by atoms with E-state index in [0.717, 1.165) is 12.8 Å². The van der Waals surface area contributed by atoms with Gasteiger partial charge in [-0.1, -0.05) is 6.92 Å². The molecule has 3 nitrogen and oxygen atoms in total. The van der Waals surface area contributed by atoms with Gasteiger partial charge in [-0.2, -0.15) is 5.26 Å². The Hall–Kier alpha value is -1.04. The van der Waals surface area contributed by atoms with Crippen molar-refractivity contribution in [1.29, 1.82) is 5.26 Å². The minimum atomic E-state index is -0.247. The highest BCUT2D eigenvalue weighted by Gasteiger charge is 2.23. The van der Waals surface area contributed by atoms with Gasteiger partial charge in [0.2, 0.25) is 5.91 Å². The molecule has 0 saturated carbocycles. The van der Waals surface area contributed by atoms with E-state index < -0.39 is 0 Å². The molecule has 1 aliphatic heterocycles. The number of nitrogens with one attached hydrogen (secondary N) is 1. The summed E-state index contributed by atoms with van der Waals surface area (Å²) in [6, 6.07) is 1.78. The summed E-state index contributed by atoms with van der Waals surface area (Å²) in [5.74, 6) is 0.0994. The molecule has 0 aromatic rings. The molecular weight excluding hydrogens is 128 g/mol. The van der Waals surface area contributed by atoms with Crippen LogP contribution >= 0.6 is 0 Å². The van der Waals surface area contributed by atoms with Gasteiger partial charge in [0, 0.05) is 5.92 Å². The molecule has 0 aromatic heterocycles. The smallest absolute Gasteiger partial charge is 0.223 e. The first-order valence-corrected chi connectivity index (χ1v) is 3.44. The maximum absolute atomic E-state index is 10.9. The number of rotatable bonds is 0. The summed E-state index contributed by atoms with van der Waals surface area (Å²) in [5, 5.41) is 11.0. The van der Waals surface area contributed by atoms with Gasteiger partial charge in [0.25, 0.3) is 0 Å². The van der Waals surface area contributed by atoms with Crippen molar-refractivity contribution in [3.63, 3.8) is 0 Å². The molecule has 54 valence electrons. The summed E-state index contributed by atoms with van der Waals surface area (Å²) in [5.41, 5.74) is 0. The van der Waals surface area contributed by atoms with Crippen LogP contribution in [0.2, 0.25) is 0 Å². The standard InChI is InChI=1S/C7H10N2O/c1-5-2-3-6(4-8)9-7(5)10/h5-6H,2-3H2,1H3,(H,9,10). The Morgan fingerprint density at radius 1 is 1.70 bits per heavy atom. The van der Waals surface area contributed by atoms with Crippen LogP contribution in [0.3, 0.4) is 0 Å². The minimum Gasteiger partial charge on any atom is -0.340 e. The highest BCUT2D eigenvalue weighted by atomic mass is 16.2. The summed E-state index contributed by atoms with van der Waals surface area (Å²) in [7, 11) is 0. The van der Waals surface area contributed by atoms with Crippen LogP contribution in [0.4, 0.5) is 0 Å². The Bertz CT molecular complexity index is 183. The number of carbonyl (C=O) groups excluding carboxylic acids is 1. The van der Waals surface area contributed by atoms with E-state index in [2.05, 4.69) is 5.32 Å². The number of carbonyl (C=O) groups is 1. The summed E-state index contributed by atoms with van der Waals surface area (Å²) >= 11 is 0. The lowest BCUT2D eigenvalue weighted by atomic mass is 9.96. The molecule has 2 unspecified atom stereocenters. The molecule has 1 aliphatic rings. The molecule has 2 atom stereocenters. The monoisotopic (exact) mass is 138 g/mol. The molecule has 1 heterocycles. The molecule has 0 aromatic carbocycles. The van der Waals surface area contributed by atoms with Gasteiger partial charge in [0.05, 0.1) is 6.07 Å². The van der Waals surface area contributed by atoms with Gasteiger partial charge in [-0.05, 0) is 12.8 Å². The normalized spacial score (nSPS) is 32.6. The molecule has 1 N–H and O–H groups in total. The van der Waals surface area contributed by atoms with Crippen LogP contribution in [-0.4, -0.2) is 11.9 Å². The van der Waals surface area contributed by atoms with Crippen LogP contribution in [0.25, 0.3) is 0 Å². The Morgan fingerprint density at radius 3 is 2.90 bits per heavy atom. The van der Waals surface area contributed by atoms with Crippen LogP contribution in [0.1, 0.15) is 19.8 Å². The second-order valence-corrected chi connectivity index (χ2v) is 2.67.